The van der Waals surface area contributed by atoms with Gasteiger partial charge in [-0.15, -0.1) is 0 Å². The second-order valence-corrected chi connectivity index (χ2v) is 6.84. The molecule has 3 aromatic rings. The Hall–Kier alpha value is -3.36. The minimum atomic E-state index is -0.750. The highest BCUT2D eigenvalue weighted by Crippen LogP contribution is 2.17. The van der Waals surface area contributed by atoms with E-state index in [4.69, 9.17) is 0 Å². The summed E-state index contributed by atoms with van der Waals surface area (Å²) >= 11 is 0. The van der Waals surface area contributed by atoms with Crippen LogP contribution in [0.2, 0.25) is 0 Å². The molecule has 0 aliphatic heterocycles. The molecule has 2 N–H and O–H groups in total. The van der Waals surface area contributed by atoms with Gasteiger partial charge in [0.15, 0.2) is 0 Å². The number of aromatic nitrogens is 4. The number of aryl methyl sites for hydroxylation is 4. The Morgan fingerprint density at radius 3 is 2.36 bits per heavy atom. The lowest BCUT2D eigenvalue weighted by atomic mass is 10.1. The number of amides is 2. The van der Waals surface area contributed by atoms with E-state index in [0.29, 0.717) is 24.2 Å². The largest absolute Gasteiger partial charge is 0.347 e. The van der Waals surface area contributed by atoms with Crippen LogP contribution in [0, 0.1) is 13.8 Å². The second-order valence-electron chi connectivity index (χ2n) is 6.84. The molecule has 0 saturated heterocycles. The van der Waals surface area contributed by atoms with Gasteiger partial charge in [0.1, 0.15) is 0 Å². The molecule has 0 aliphatic carbocycles. The van der Waals surface area contributed by atoms with Crippen LogP contribution in [0.25, 0.3) is 11.0 Å². The monoisotopic (exact) mass is 384 g/mol. The maximum Gasteiger partial charge on any atom is 0.328 e. The number of fused-ring (bicyclic) bond motifs is 1. The van der Waals surface area contributed by atoms with E-state index >= 15 is 0 Å². The summed E-state index contributed by atoms with van der Waals surface area (Å²) in [6.45, 7) is 4.23. The summed E-state index contributed by atoms with van der Waals surface area (Å²) < 4.78 is 4.81. The maximum atomic E-state index is 12.2. The lowest BCUT2D eigenvalue weighted by Crippen LogP contribution is -2.36. The number of imidazole rings is 1. The van der Waals surface area contributed by atoms with Gasteiger partial charge < -0.3 is 10.6 Å². The maximum absolute atomic E-state index is 12.2. The van der Waals surface area contributed by atoms with E-state index in [0.717, 1.165) is 22.5 Å². The van der Waals surface area contributed by atoms with Gasteiger partial charge in [-0.1, -0.05) is 0 Å². The molecule has 2 amide bonds. The number of hydrogen-bond acceptors (Lipinski definition) is 4. The van der Waals surface area contributed by atoms with Crippen LogP contribution in [0.1, 0.15) is 17.0 Å². The van der Waals surface area contributed by atoms with Gasteiger partial charge in [0.2, 0.25) is 0 Å². The van der Waals surface area contributed by atoms with Gasteiger partial charge in [0, 0.05) is 39.1 Å². The van der Waals surface area contributed by atoms with Crippen LogP contribution in [0.3, 0.4) is 0 Å². The highest BCUT2D eigenvalue weighted by Gasteiger charge is 2.16. The molecule has 148 valence electrons. The molecule has 0 fully saturated rings. The molecule has 0 aliphatic rings. The van der Waals surface area contributed by atoms with Crippen LogP contribution < -0.4 is 16.3 Å². The molecule has 0 unspecified atom stereocenters. The van der Waals surface area contributed by atoms with E-state index in [9.17, 15) is 14.4 Å². The summed E-state index contributed by atoms with van der Waals surface area (Å²) in [5.41, 5.74) is 4.74. The van der Waals surface area contributed by atoms with Crippen molar-refractivity contribution in [3.05, 3.63) is 45.6 Å². The zero-order chi connectivity index (χ0) is 20.6. The normalized spacial score (nSPS) is 11.0. The molecular formula is C19H24N6O3. The number of nitrogens with one attached hydrogen (secondary N) is 2. The van der Waals surface area contributed by atoms with Crippen LogP contribution in [-0.4, -0.2) is 37.3 Å². The summed E-state index contributed by atoms with van der Waals surface area (Å²) in [5, 5.41) is 9.54. The zero-order valence-electron chi connectivity index (χ0n) is 16.7. The lowest BCUT2D eigenvalue weighted by molar-refractivity contribution is -0.136. The van der Waals surface area contributed by atoms with Crippen LogP contribution in [0.4, 0.5) is 5.69 Å². The molecule has 3 rings (SSSR count). The van der Waals surface area contributed by atoms with Crippen molar-refractivity contribution in [2.75, 3.05) is 11.9 Å². The highest BCUT2D eigenvalue weighted by atomic mass is 16.2. The molecule has 1 aromatic carbocycles. The number of nitrogens with zero attached hydrogens (tertiary/aromatic N) is 4. The van der Waals surface area contributed by atoms with Gasteiger partial charge in [0.25, 0.3) is 0 Å². The van der Waals surface area contributed by atoms with E-state index in [1.807, 2.05) is 20.9 Å². The summed E-state index contributed by atoms with van der Waals surface area (Å²) in [7, 11) is 5.21. The molecular weight excluding hydrogens is 360 g/mol. The van der Waals surface area contributed by atoms with Crippen LogP contribution in [0.5, 0.6) is 0 Å². The molecule has 2 aromatic heterocycles. The molecule has 9 nitrogen and oxygen atoms in total. The molecule has 0 atom stereocenters. The average molecular weight is 384 g/mol. The SMILES string of the molecule is Cc1nn(C)c(C)c1CCNC(=O)C(=O)Nc1ccc2c(c1)n(C)c(=O)n2C. The molecule has 0 radical (unpaired) electrons. The first-order chi connectivity index (χ1) is 13.2. The van der Waals surface area contributed by atoms with Gasteiger partial charge in [-0.3, -0.25) is 23.4 Å². The van der Waals surface area contributed by atoms with Crippen molar-refractivity contribution in [1.29, 1.82) is 0 Å². The van der Waals surface area contributed by atoms with Crippen molar-refractivity contribution in [3.63, 3.8) is 0 Å². The second kappa shape index (κ2) is 7.34. The minimum Gasteiger partial charge on any atom is -0.347 e. The third-order valence-electron chi connectivity index (χ3n) is 5.06. The van der Waals surface area contributed by atoms with Crippen LogP contribution >= 0.6 is 0 Å². The van der Waals surface area contributed by atoms with E-state index in [1.54, 1.807) is 37.0 Å². The number of anilines is 1. The number of carbonyl (C=O) groups is 2. The van der Waals surface area contributed by atoms with Crippen LogP contribution in [0.15, 0.2) is 23.0 Å². The predicted molar refractivity (Wildman–Crippen MR) is 106 cm³/mol. The van der Waals surface area contributed by atoms with Crippen molar-refractivity contribution < 1.29 is 9.59 Å². The van der Waals surface area contributed by atoms with E-state index < -0.39 is 11.8 Å². The Morgan fingerprint density at radius 2 is 1.71 bits per heavy atom. The number of benzene rings is 1. The smallest absolute Gasteiger partial charge is 0.328 e. The first kappa shape index (κ1) is 19.4. The predicted octanol–water partition coefficient (Wildman–Crippen LogP) is 0.525. The topological polar surface area (TPSA) is 103 Å². The standard InChI is InChI=1S/C19H24N6O3/c1-11-14(12(2)25(5)22-11)8-9-20-17(26)18(27)21-13-6-7-15-16(10-13)24(4)19(28)23(15)3/h6-7,10H,8-9H2,1-5H3,(H,20,26)(H,21,27). The number of carbonyl (C=O) groups excluding carboxylic acids is 2. The van der Waals surface area contributed by atoms with Gasteiger partial charge in [-0.05, 0) is 44.0 Å². The van der Waals surface area contributed by atoms with Gasteiger partial charge >= 0.3 is 17.5 Å². The van der Waals surface area contributed by atoms with Crippen molar-refractivity contribution >= 4 is 28.5 Å². The fourth-order valence-corrected chi connectivity index (χ4v) is 3.33. The Morgan fingerprint density at radius 1 is 1.04 bits per heavy atom. The number of rotatable bonds is 4. The first-order valence-electron chi connectivity index (χ1n) is 8.94. The van der Waals surface area contributed by atoms with E-state index in [-0.39, 0.29) is 5.69 Å². The van der Waals surface area contributed by atoms with E-state index in [2.05, 4.69) is 15.7 Å². The summed E-state index contributed by atoms with van der Waals surface area (Å²) in [6.07, 6.45) is 0.600. The van der Waals surface area contributed by atoms with Crippen molar-refractivity contribution in [1.82, 2.24) is 24.2 Å². The van der Waals surface area contributed by atoms with Crippen molar-refractivity contribution in [3.8, 4) is 0 Å². The van der Waals surface area contributed by atoms with Crippen LogP contribution in [-0.2, 0) is 37.2 Å². The molecule has 0 bridgehead atoms. The third kappa shape index (κ3) is 3.42. The summed E-state index contributed by atoms with van der Waals surface area (Å²) in [5.74, 6) is -1.46. The molecule has 0 spiro atoms. The molecule has 9 heteroatoms. The molecule has 28 heavy (non-hydrogen) atoms. The quantitative estimate of drug-likeness (QED) is 0.640. The third-order valence-corrected chi connectivity index (χ3v) is 5.06. The lowest BCUT2D eigenvalue weighted by Gasteiger charge is -2.07. The Kier molecular flexibility index (Phi) is 5.08. The average Bonchev–Trinajstić information content (AvgIpc) is 3.03. The zero-order valence-corrected chi connectivity index (χ0v) is 16.7. The Labute approximate surface area is 161 Å². The van der Waals surface area contributed by atoms with Gasteiger partial charge in [-0.2, -0.15) is 5.10 Å². The molecule has 2 heterocycles. The molecule has 0 saturated carbocycles. The summed E-state index contributed by atoms with van der Waals surface area (Å²) in [6, 6.07) is 5.07. The van der Waals surface area contributed by atoms with Crippen molar-refractivity contribution in [2.45, 2.75) is 20.3 Å². The van der Waals surface area contributed by atoms with E-state index in [1.165, 1.54) is 9.13 Å². The van der Waals surface area contributed by atoms with Gasteiger partial charge in [-0.25, -0.2) is 4.79 Å². The van der Waals surface area contributed by atoms with Crippen molar-refractivity contribution in [2.24, 2.45) is 21.1 Å². The number of hydrogen-bond donors (Lipinski definition) is 2. The fraction of sp³-hybridized carbons (Fsp3) is 0.368. The fourth-order valence-electron chi connectivity index (χ4n) is 3.33. The Bertz CT molecular complexity index is 1130. The first-order valence-corrected chi connectivity index (χ1v) is 8.94. The Balaban J connectivity index is 1.63. The minimum absolute atomic E-state index is 0.155. The highest BCUT2D eigenvalue weighted by molar-refractivity contribution is 6.39. The summed E-state index contributed by atoms with van der Waals surface area (Å²) in [4.78, 5) is 36.3. The van der Waals surface area contributed by atoms with Gasteiger partial charge in [0.05, 0.1) is 16.7 Å².